The maximum Gasteiger partial charge on any atom is 0.248 e. The summed E-state index contributed by atoms with van der Waals surface area (Å²) >= 11 is 0. The van der Waals surface area contributed by atoms with Gasteiger partial charge < -0.3 is 5.73 Å². The molecule has 0 fully saturated rings. The molecule has 5 nitrogen and oxygen atoms in total. The summed E-state index contributed by atoms with van der Waals surface area (Å²) in [6, 6.07) is 4.77. The number of sulfonamides is 1. The zero-order valence-corrected chi connectivity index (χ0v) is 11.9. The summed E-state index contributed by atoms with van der Waals surface area (Å²) in [6.45, 7) is -0.0336. The molecule has 0 unspecified atom stereocenters. The summed E-state index contributed by atoms with van der Waals surface area (Å²) in [7, 11) is -3.07. The van der Waals surface area contributed by atoms with Crippen molar-refractivity contribution in [2.24, 2.45) is 0 Å². The standard InChI is InChI=1S/C13H13F2N3O2S/c1-18(8-9-2-4-17-5-3-9)21(19,20)13-11(14)6-10(16)7-12(13)15/h2-7H,8,16H2,1H3. The lowest BCUT2D eigenvalue weighted by Crippen LogP contribution is -2.28. The third-order valence-electron chi connectivity index (χ3n) is 2.84. The molecule has 8 heteroatoms. The fraction of sp³-hybridized carbons (Fsp3) is 0.154. The number of hydrogen-bond donors (Lipinski definition) is 1. The second kappa shape index (κ2) is 5.74. The summed E-state index contributed by atoms with van der Waals surface area (Å²) in [4.78, 5) is 2.80. The Hall–Kier alpha value is -2.06. The Morgan fingerprint density at radius 2 is 1.71 bits per heavy atom. The summed E-state index contributed by atoms with van der Waals surface area (Å²) in [5.74, 6) is -2.43. The molecule has 0 bridgehead atoms. The zero-order chi connectivity index (χ0) is 15.6. The summed E-state index contributed by atoms with van der Waals surface area (Å²) in [5, 5.41) is 0. The molecule has 112 valence electrons. The van der Waals surface area contributed by atoms with Crippen molar-refractivity contribution in [3.8, 4) is 0 Å². The Kier molecular flexibility index (Phi) is 4.19. The van der Waals surface area contributed by atoms with Crippen LogP contribution in [0.4, 0.5) is 14.5 Å². The van der Waals surface area contributed by atoms with Gasteiger partial charge in [-0.15, -0.1) is 0 Å². The van der Waals surface area contributed by atoms with E-state index in [0.29, 0.717) is 5.56 Å². The predicted octanol–water partition coefficient (Wildman–Crippen LogP) is 1.76. The van der Waals surface area contributed by atoms with Gasteiger partial charge in [0.05, 0.1) is 0 Å². The van der Waals surface area contributed by atoms with Crippen molar-refractivity contribution in [1.82, 2.24) is 9.29 Å². The van der Waals surface area contributed by atoms with Crippen molar-refractivity contribution in [3.05, 3.63) is 53.9 Å². The van der Waals surface area contributed by atoms with E-state index < -0.39 is 26.6 Å². The number of aromatic nitrogens is 1. The fourth-order valence-electron chi connectivity index (χ4n) is 1.81. The van der Waals surface area contributed by atoms with Gasteiger partial charge in [-0.05, 0) is 29.8 Å². The highest BCUT2D eigenvalue weighted by molar-refractivity contribution is 7.89. The third kappa shape index (κ3) is 3.17. The van der Waals surface area contributed by atoms with Crippen molar-refractivity contribution in [3.63, 3.8) is 0 Å². The highest BCUT2D eigenvalue weighted by Gasteiger charge is 2.28. The lowest BCUT2D eigenvalue weighted by atomic mass is 10.3. The molecule has 1 aromatic carbocycles. The first kappa shape index (κ1) is 15.3. The van der Waals surface area contributed by atoms with Crippen molar-refractivity contribution in [2.45, 2.75) is 11.4 Å². The van der Waals surface area contributed by atoms with Crippen molar-refractivity contribution < 1.29 is 17.2 Å². The summed E-state index contributed by atoms with van der Waals surface area (Å²) < 4.78 is 53.0. The van der Waals surface area contributed by atoms with Gasteiger partial charge in [0.2, 0.25) is 10.0 Å². The van der Waals surface area contributed by atoms with Crippen molar-refractivity contribution in [2.75, 3.05) is 12.8 Å². The molecule has 0 amide bonds. The second-order valence-electron chi connectivity index (χ2n) is 4.43. The van der Waals surface area contributed by atoms with Gasteiger partial charge in [-0.2, -0.15) is 4.31 Å². The van der Waals surface area contributed by atoms with Crippen LogP contribution in [-0.4, -0.2) is 24.8 Å². The molecular formula is C13H13F2N3O2S. The van der Waals surface area contributed by atoms with E-state index in [2.05, 4.69) is 4.98 Å². The first-order valence-electron chi connectivity index (χ1n) is 5.92. The van der Waals surface area contributed by atoms with E-state index in [1.807, 2.05) is 0 Å². The molecule has 0 spiro atoms. The SMILES string of the molecule is CN(Cc1ccncc1)S(=O)(=O)c1c(F)cc(N)cc1F. The summed E-state index contributed by atoms with van der Waals surface area (Å²) in [5.41, 5.74) is 5.74. The van der Waals surface area contributed by atoms with Gasteiger partial charge in [0, 0.05) is 31.7 Å². The number of benzene rings is 1. The van der Waals surface area contributed by atoms with Gasteiger partial charge in [-0.3, -0.25) is 4.98 Å². The molecule has 0 radical (unpaired) electrons. The van der Waals surface area contributed by atoms with E-state index in [1.54, 1.807) is 12.1 Å². The zero-order valence-electron chi connectivity index (χ0n) is 11.1. The molecular weight excluding hydrogens is 300 g/mol. The van der Waals surface area contributed by atoms with Crippen LogP contribution in [0.15, 0.2) is 41.6 Å². The van der Waals surface area contributed by atoms with Crippen LogP contribution in [0.2, 0.25) is 0 Å². The first-order valence-corrected chi connectivity index (χ1v) is 7.36. The van der Waals surface area contributed by atoms with Crippen molar-refractivity contribution >= 4 is 15.7 Å². The average molecular weight is 313 g/mol. The first-order chi connectivity index (χ1) is 9.82. The molecule has 0 saturated heterocycles. The Balaban J connectivity index is 2.38. The average Bonchev–Trinajstić information content (AvgIpc) is 2.38. The second-order valence-corrected chi connectivity index (χ2v) is 6.41. The Morgan fingerprint density at radius 1 is 1.19 bits per heavy atom. The van der Waals surface area contributed by atoms with Gasteiger partial charge in [0.15, 0.2) is 4.90 Å². The largest absolute Gasteiger partial charge is 0.399 e. The molecule has 2 N–H and O–H groups in total. The fourth-order valence-corrected chi connectivity index (χ4v) is 3.05. The molecule has 1 heterocycles. The summed E-state index contributed by atoms with van der Waals surface area (Å²) in [6.07, 6.45) is 3.00. The van der Waals surface area contributed by atoms with E-state index in [0.717, 1.165) is 16.4 Å². The smallest absolute Gasteiger partial charge is 0.248 e. The molecule has 21 heavy (non-hydrogen) atoms. The van der Waals surface area contributed by atoms with Crippen molar-refractivity contribution in [1.29, 1.82) is 0 Å². The van der Waals surface area contributed by atoms with Gasteiger partial charge in [0.1, 0.15) is 11.6 Å². The Labute approximate surface area is 121 Å². The topological polar surface area (TPSA) is 76.3 Å². The minimum atomic E-state index is -4.31. The number of nitrogens with zero attached hydrogens (tertiary/aromatic N) is 2. The highest BCUT2D eigenvalue weighted by Crippen LogP contribution is 2.25. The normalized spacial score (nSPS) is 11.8. The number of halogens is 2. The van der Waals surface area contributed by atoms with Crippen LogP contribution < -0.4 is 5.73 Å². The minimum absolute atomic E-state index is 0.0336. The Bertz CT molecular complexity index is 728. The van der Waals surface area contributed by atoms with E-state index in [1.165, 1.54) is 19.4 Å². The minimum Gasteiger partial charge on any atom is -0.399 e. The van der Waals surface area contributed by atoms with E-state index >= 15 is 0 Å². The number of rotatable bonds is 4. The predicted molar refractivity (Wildman–Crippen MR) is 73.7 cm³/mol. The van der Waals surface area contributed by atoms with E-state index in [9.17, 15) is 17.2 Å². The lowest BCUT2D eigenvalue weighted by molar-refractivity contribution is 0.448. The van der Waals surface area contributed by atoms with E-state index in [4.69, 9.17) is 5.73 Å². The maximum atomic E-state index is 13.8. The van der Waals surface area contributed by atoms with E-state index in [-0.39, 0.29) is 12.2 Å². The van der Waals surface area contributed by atoms with Crippen LogP contribution in [-0.2, 0) is 16.6 Å². The molecule has 0 aliphatic rings. The molecule has 0 aliphatic carbocycles. The number of nitrogen functional groups attached to an aromatic ring is 1. The van der Waals surface area contributed by atoms with Crippen LogP contribution in [0.25, 0.3) is 0 Å². The van der Waals surface area contributed by atoms with Crippen LogP contribution >= 0.6 is 0 Å². The van der Waals surface area contributed by atoms with Crippen LogP contribution in [0.1, 0.15) is 5.56 Å². The number of anilines is 1. The molecule has 2 rings (SSSR count). The van der Waals surface area contributed by atoms with Gasteiger partial charge in [-0.1, -0.05) is 0 Å². The number of hydrogen-bond acceptors (Lipinski definition) is 4. The van der Waals surface area contributed by atoms with Gasteiger partial charge >= 0.3 is 0 Å². The lowest BCUT2D eigenvalue weighted by Gasteiger charge is -2.18. The Morgan fingerprint density at radius 3 is 2.24 bits per heavy atom. The molecule has 0 atom stereocenters. The molecule has 0 saturated carbocycles. The maximum absolute atomic E-state index is 13.8. The molecule has 1 aromatic heterocycles. The van der Waals surface area contributed by atoms with Gasteiger partial charge in [-0.25, -0.2) is 17.2 Å². The monoisotopic (exact) mass is 313 g/mol. The molecule has 2 aromatic rings. The third-order valence-corrected chi connectivity index (χ3v) is 4.70. The quantitative estimate of drug-likeness (QED) is 0.873. The number of nitrogens with two attached hydrogens (primary N) is 1. The highest BCUT2D eigenvalue weighted by atomic mass is 32.2. The number of pyridine rings is 1. The van der Waals surface area contributed by atoms with Crippen LogP contribution in [0, 0.1) is 11.6 Å². The van der Waals surface area contributed by atoms with Crippen LogP contribution in [0.3, 0.4) is 0 Å². The van der Waals surface area contributed by atoms with Crippen LogP contribution in [0.5, 0.6) is 0 Å². The van der Waals surface area contributed by atoms with Gasteiger partial charge in [0.25, 0.3) is 0 Å². The molecule has 0 aliphatic heterocycles.